The van der Waals surface area contributed by atoms with Crippen molar-refractivity contribution in [3.05, 3.63) is 65.9 Å². The molecule has 3 N–H and O–H groups in total. The van der Waals surface area contributed by atoms with Gasteiger partial charge >= 0.3 is 0 Å². The Labute approximate surface area is 140 Å². The number of H-pyrrole nitrogens is 1. The third-order valence-electron chi connectivity index (χ3n) is 4.05. The van der Waals surface area contributed by atoms with Crippen molar-refractivity contribution in [3.8, 4) is 0 Å². The second-order valence-electron chi connectivity index (χ2n) is 6.03. The summed E-state index contributed by atoms with van der Waals surface area (Å²) < 4.78 is 0. The standard InChI is InChI=1S/C19H21N3O2/c1-13(11-18(23)14-7-3-2-4-8-14)20-19(24)12-17-15-9-5-6-10-16(15)21-22-17/h2-10,13,18,23H,11-12H2,1H3,(H,20,24)(H,21,22). The SMILES string of the molecule is CC(CC(O)c1ccccc1)NC(=O)Cc1[nH]nc2ccccc12. The van der Waals surface area contributed by atoms with Gasteiger partial charge < -0.3 is 10.4 Å². The van der Waals surface area contributed by atoms with E-state index in [1.165, 1.54) is 0 Å². The van der Waals surface area contributed by atoms with Gasteiger partial charge in [-0.25, -0.2) is 0 Å². The molecular weight excluding hydrogens is 302 g/mol. The van der Waals surface area contributed by atoms with Gasteiger partial charge in [-0.3, -0.25) is 9.89 Å². The van der Waals surface area contributed by atoms with Crippen molar-refractivity contribution in [2.45, 2.75) is 31.9 Å². The Morgan fingerprint density at radius 2 is 1.88 bits per heavy atom. The Bertz CT molecular complexity index is 814. The molecule has 3 rings (SSSR count). The van der Waals surface area contributed by atoms with E-state index in [0.717, 1.165) is 22.2 Å². The molecule has 0 saturated carbocycles. The van der Waals surface area contributed by atoms with Crippen LogP contribution in [0.15, 0.2) is 54.6 Å². The fraction of sp³-hybridized carbons (Fsp3) is 0.263. The van der Waals surface area contributed by atoms with Gasteiger partial charge in [0.25, 0.3) is 0 Å². The molecule has 3 aromatic rings. The van der Waals surface area contributed by atoms with E-state index in [1.54, 1.807) is 0 Å². The van der Waals surface area contributed by atoms with E-state index in [9.17, 15) is 9.90 Å². The van der Waals surface area contributed by atoms with E-state index in [-0.39, 0.29) is 18.4 Å². The Balaban J connectivity index is 1.56. The highest BCUT2D eigenvalue weighted by molar-refractivity contribution is 5.87. The number of aromatic amines is 1. The van der Waals surface area contributed by atoms with E-state index in [1.807, 2.05) is 61.5 Å². The zero-order chi connectivity index (χ0) is 16.9. The second-order valence-corrected chi connectivity index (χ2v) is 6.03. The van der Waals surface area contributed by atoms with Gasteiger partial charge in [0.1, 0.15) is 0 Å². The van der Waals surface area contributed by atoms with Crippen LogP contribution in [0, 0.1) is 0 Å². The number of fused-ring (bicyclic) bond motifs is 1. The molecule has 1 amide bonds. The monoisotopic (exact) mass is 323 g/mol. The molecule has 0 bridgehead atoms. The van der Waals surface area contributed by atoms with Crippen LogP contribution in [0.3, 0.4) is 0 Å². The van der Waals surface area contributed by atoms with Crippen LogP contribution in [0.1, 0.15) is 30.7 Å². The van der Waals surface area contributed by atoms with Crippen molar-refractivity contribution in [1.29, 1.82) is 0 Å². The van der Waals surface area contributed by atoms with E-state index in [2.05, 4.69) is 15.5 Å². The zero-order valence-corrected chi connectivity index (χ0v) is 13.6. The molecule has 0 aliphatic rings. The van der Waals surface area contributed by atoms with Crippen molar-refractivity contribution in [2.24, 2.45) is 0 Å². The summed E-state index contributed by atoms with van der Waals surface area (Å²) in [5, 5.41) is 21.3. The molecule has 1 aromatic heterocycles. The molecule has 0 aliphatic heterocycles. The first kappa shape index (κ1) is 16.2. The highest BCUT2D eigenvalue weighted by Gasteiger charge is 2.16. The zero-order valence-electron chi connectivity index (χ0n) is 13.6. The summed E-state index contributed by atoms with van der Waals surface area (Å²) in [4.78, 5) is 12.2. The van der Waals surface area contributed by atoms with Crippen molar-refractivity contribution < 1.29 is 9.90 Å². The molecule has 0 spiro atoms. The van der Waals surface area contributed by atoms with E-state index >= 15 is 0 Å². The van der Waals surface area contributed by atoms with Crippen molar-refractivity contribution in [1.82, 2.24) is 15.5 Å². The first-order chi connectivity index (χ1) is 11.6. The number of aliphatic hydroxyl groups is 1. The first-order valence-corrected chi connectivity index (χ1v) is 8.08. The predicted octanol–water partition coefficient (Wildman–Crippen LogP) is 2.73. The summed E-state index contributed by atoms with van der Waals surface area (Å²) in [6.45, 7) is 1.90. The number of aliphatic hydroxyl groups excluding tert-OH is 1. The summed E-state index contributed by atoms with van der Waals surface area (Å²) in [5.74, 6) is -0.0860. The lowest BCUT2D eigenvalue weighted by Crippen LogP contribution is -2.34. The van der Waals surface area contributed by atoms with Crippen LogP contribution in [0.4, 0.5) is 0 Å². The number of hydrogen-bond acceptors (Lipinski definition) is 3. The summed E-state index contributed by atoms with van der Waals surface area (Å²) in [7, 11) is 0. The van der Waals surface area contributed by atoms with Crippen molar-refractivity contribution in [3.63, 3.8) is 0 Å². The van der Waals surface area contributed by atoms with Crippen molar-refractivity contribution in [2.75, 3.05) is 0 Å². The number of benzene rings is 2. The molecule has 0 saturated heterocycles. The lowest BCUT2D eigenvalue weighted by molar-refractivity contribution is -0.121. The fourth-order valence-electron chi connectivity index (χ4n) is 2.84. The van der Waals surface area contributed by atoms with Gasteiger partial charge in [0.15, 0.2) is 0 Å². The highest BCUT2D eigenvalue weighted by atomic mass is 16.3. The third kappa shape index (κ3) is 3.81. The first-order valence-electron chi connectivity index (χ1n) is 8.08. The number of para-hydroxylation sites is 1. The minimum atomic E-state index is -0.588. The Hall–Kier alpha value is -2.66. The molecule has 5 heteroatoms. The van der Waals surface area contributed by atoms with Gasteiger partial charge in [0, 0.05) is 11.4 Å². The average Bonchev–Trinajstić information content (AvgIpc) is 2.98. The second kappa shape index (κ2) is 7.27. The molecule has 124 valence electrons. The predicted molar refractivity (Wildman–Crippen MR) is 93.4 cm³/mol. The highest BCUT2D eigenvalue weighted by Crippen LogP contribution is 2.18. The van der Waals surface area contributed by atoms with Crippen LogP contribution in [-0.2, 0) is 11.2 Å². The van der Waals surface area contributed by atoms with Crippen molar-refractivity contribution >= 4 is 16.8 Å². The number of nitrogens with one attached hydrogen (secondary N) is 2. The minimum Gasteiger partial charge on any atom is -0.388 e. The molecule has 2 atom stereocenters. The van der Waals surface area contributed by atoms with Crippen LogP contribution < -0.4 is 5.32 Å². The number of rotatable bonds is 6. The van der Waals surface area contributed by atoms with Crippen LogP contribution in [0.5, 0.6) is 0 Å². The summed E-state index contributed by atoms with van der Waals surface area (Å²) in [5.41, 5.74) is 2.52. The minimum absolute atomic E-state index is 0.0860. The quantitative estimate of drug-likeness (QED) is 0.653. The molecule has 1 heterocycles. The number of hydrogen-bond donors (Lipinski definition) is 3. The smallest absolute Gasteiger partial charge is 0.226 e. The number of amides is 1. The van der Waals surface area contributed by atoms with Gasteiger partial charge in [0.05, 0.1) is 23.7 Å². The lowest BCUT2D eigenvalue weighted by atomic mass is 10.0. The van der Waals surface area contributed by atoms with Crippen LogP contribution in [0.2, 0.25) is 0 Å². The normalized spacial score (nSPS) is 13.6. The molecule has 0 radical (unpaired) electrons. The molecule has 0 fully saturated rings. The van der Waals surface area contributed by atoms with Gasteiger partial charge in [-0.05, 0) is 25.0 Å². The molecule has 0 aliphatic carbocycles. The lowest BCUT2D eigenvalue weighted by Gasteiger charge is -2.18. The number of carbonyl (C=O) groups excluding carboxylic acids is 1. The number of nitrogens with zero attached hydrogens (tertiary/aromatic N) is 1. The number of carbonyl (C=O) groups is 1. The van der Waals surface area contributed by atoms with Gasteiger partial charge in [-0.2, -0.15) is 5.10 Å². The Morgan fingerprint density at radius 3 is 2.67 bits per heavy atom. The molecule has 5 nitrogen and oxygen atoms in total. The van der Waals surface area contributed by atoms with E-state index < -0.39 is 6.10 Å². The summed E-state index contributed by atoms with van der Waals surface area (Å²) in [6, 6.07) is 17.0. The molecular formula is C19H21N3O2. The molecule has 24 heavy (non-hydrogen) atoms. The van der Waals surface area contributed by atoms with E-state index in [0.29, 0.717) is 6.42 Å². The Morgan fingerprint density at radius 1 is 1.17 bits per heavy atom. The molecule has 2 unspecified atom stereocenters. The maximum absolute atomic E-state index is 12.2. The topological polar surface area (TPSA) is 78.0 Å². The van der Waals surface area contributed by atoms with Crippen LogP contribution in [0.25, 0.3) is 10.9 Å². The largest absolute Gasteiger partial charge is 0.388 e. The third-order valence-corrected chi connectivity index (χ3v) is 4.05. The van der Waals surface area contributed by atoms with Gasteiger partial charge in [-0.15, -0.1) is 0 Å². The summed E-state index contributed by atoms with van der Waals surface area (Å²) in [6.07, 6.45) is 0.126. The van der Waals surface area contributed by atoms with Gasteiger partial charge in [-0.1, -0.05) is 48.5 Å². The van der Waals surface area contributed by atoms with Gasteiger partial charge in [0.2, 0.25) is 5.91 Å². The summed E-state index contributed by atoms with van der Waals surface area (Å²) >= 11 is 0. The average molecular weight is 323 g/mol. The van der Waals surface area contributed by atoms with E-state index in [4.69, 9.17) is 0 Å². The maximum atomic E-state index is 12.2. The maximum Gasteiger partial charge on any atom is 0.226 e. The number of aromatic nitrogens is 2. The van der Waals surface area contributed by atoms with Crippen LogP contribution in [-0.4, -0.2) is 27.3 Å². The Kier molecular flexibility index (Phi) is 4.91. The fourth-order valence-corrected chi connectivity index (χ4v) is 2.84. The van der Waals surface area contributed by atoms with Crippen LogP contribution >= 0.6 is 0 Å². The molecule has 2 aromatic carbocycles.